The molecule has 0 radical (unpaired) electrons. The number of nitrogens with zero attached hydrogens (tertiary/aromatic N) is 5. The third-order valence-electron chi connectivity index (χ3n) is 7.40. The monoisotopic (exact) mass is 648 g/mol. The lowest BCUT2D eigenvalue weighted by Gasteiger charge is -2.17. The Morgan fingerprint density at radius 3 is 2.46 bits per heavy atom. The van der Waals surface area contributed by atoms with Crippen molar-refractivity contribution in [3.05, 3.63) is 106 Å². The van der Waals surface area contributed by atoms with E-state index in [1.54, 1.807) is 0 Å². The van der Waals surface area contributed by atoms with Crippen LogP contribution in [-0.2, 0) is 6.42 Å². The molecule has 0 unspecified atom stereocenters. The fourth-order valence-corrected chi connectivity index (χ4v) is 6.16. The van der Waals surface area contributed by atoms with Gasteiger partial charge in [-0.25, -0.2) is 14.5 Å². The van der Waals surface area contributed by atoms with Crippen LogP contribution in [0, 0.1) is 13.8 Å². The molecule has 0 bridgehead atoms. The van der Waals surface area contributed by atoms with Crippen LogP contribution in [-0.4, -0.2) is 38.3 Å². The van der Waals surface area contributed by atoms with E-state index in [0.717, 1.165) is 41.8 Å². The van der Waals surface area contributed by atoms with Gasteiger partial charge in [-0.3, -0.25) is 4.57 Å². The standard InChI is InChI=1S/C34H35F3N6O2S/c1-22(2)30-23(3)8-7-10-29(30)43-24(4)20-46-33(43)40-32(44)38-19-6-5-9-25-11-13-26(14-12-25)31-39-21-42(41-31)27-15-17-28(18-16-27)45-34(35,36)37/h7-8,10-18,20-22H,5-6,9,19H2,1-4H3,(H,38,44). The van der Waals surface area contributed by atoms with Crippen LogP contribution < -0.4 is 14.9 Å². The number of aryl methyl sites for hydroxylation is 3. The van der Waals surface area contributed by atoms with Crippen molar-refractivity contribution < 1.29 is 22.7 Å². The molecule has 0 saturated heterocycles. The van der Waals surface area contributed by atoms with Crippen molar-refractivity contribution in [1.82, 2.24) is 24.6 Å². The number of nitrogens with one attached hydrogen (secondary N) is 1. The van der Waals surface area contributed by atoms with Gasteiger partial charge in [-0.15, -0.1) is 29.6 Å². The molecule has 3 aromatic carbocycles. The van der Waals surface area contributed by atoms with Crippen molar-refractivity contribution in [3.8, 4) is 28.5 Å². The number of aromatic nitrogens is 4. The summed E-state index contributed by atoms with van der Waals surface area (Å²) >= 11 is 1.45. The number of thiazole rings is 1. The lowest BCUT2D eigenvalue weighted by Crippen LogP contribution is -2.25. The number of urea groups is 1. The number of benzene rings is 3. The number of carbonyl (C=O) groups is 1. The highest BCUT2D eigenvalue weighted by atomic mass is 32.1. The Balaban J connectivity index is 1.12. The first-order valence-electron chi connectivity index (χ1n) is 15.0. The average Bonchev–Trinajstić information content (AvgIpc) is 3.63. The van der Waals surface area contributed by atoms with Gasteiger partial charge in [0.15, 0.2) is 10.6 Å². The lowest BCUT2D eigenvalue weighted by molar-refractivity contribution is -0.274. The maximum Gasteiger partial charge on any atom is 0.573 e. The second-order valence-corrected chi connectivity index (χ2v) is 12.0. The topological polar surface area (TPSA) is 86.3 Å². The van der Waals surface area contributed by atoms with Gasteiger partial charge in [-0.1, -0.05) is 50.2 Å². The first-order valence-corrected chi connectivity index (χ1v) is 15.8. The zero-order valence-electron chi connectivity index (χ0n) is 26.0. The van der Waals surface area contributed by atoms with Gasteiger partial charge in [-0.05, 0) is 86.1 Å². The summed E-state index contributed by atoms with van der Waals surface area (Å²) in [5, 5.41) is 9.39. The van der Waals surface area contributed by atoms with Crippen LogP contribution in [0.25, 0.3) is 22.8 Å². The molecule has 5 rings (SSSR count). The minimum Gasteiger partial charge on any atom is -0.406 e. The van der Waals surface area contributed by atoms with E-state index in [-0.39, 0.29) is 11.8 Å². The van der Waals surface area contributed by atoms with E-state index in [1.165, 1.54) is 57.7 Å². The molecule has 0 aliphatic heterocycles. The molecule has 0 aliphatic carbocycles. The maximum atomic E-state index is 12.7. The van der Waals surface area contributed by atoms with Crippen molar-refractivity contribution in [2.75, 3.05) is 6.54 Å². The van der Waals surface area contributed by atoms with Crippen LogP contribution in [0.1, 0.15) is 55.0 Å². The summed E-state index contributed by atoms with van der Waals surface area (Å²) in [6.07, 6.45) is -0.695. The number of rotatable bonds is 10. The van der Waals surface area contributed by atoms with Crippen molar-refractivity contribution in [3.63, 3.8) is 0 Å². The predicted molar refractivity (Wildman–Crippen MR) is 173 cm³/mol. The molecule has 1 N–H and O–H groups in total. The van der Waals surface area contributed by atoms with E-state index in [9.17, 15) is 18.0 Å². The molecule has 5 aromatic rings. The number of carbonyl (C=O) groups excluding carboxylic acids is 1. The van der Waals surface area contributed by atoms with Crippen molar-refractivity contribution in [2.24, 2.45) is 4.99 Å². The number of alkyl halides is 3. The number of ether oxygens (including phenoxy) is 1. The number of halogens is 3. The molecule has 12 heteroatoms. The van der Waals surface area contributed by atoms with Crippen molar-refractivity contribution >= 4 is 17.4 Å². The Kier molecular flexibility index (Phi) is 10.1. The SMILES string of the molecule is Cc1cccc(-n2c(C)csc2=NC(=O)NCCCCc2ccc(-c3ncn(-c4ccc(OC(F)(F)F)cc4)n3)cc2)c1C(C)C. The minimum absolute atomic E-state index is 0.301. The van der Waals surface area contributed by atoms with Gasteiger partial charge >= 0.3 is 12.4 Å². The Bertz CT molecular complexity index is 1860. The van der Waals surface area contributed by atoms with Gasteiger partial charge in [0.1, 0.15) is 12.1 Å². The number of hydrogen-bond acceptors (Lipinski definition) is 5. The zero-order valence-corrected chi connectivity index (χ0v) is 26.8. The summed E-state index contributed by atoms with van der Waals surface area (Å²) in [6.45, 7) is 9.01. The molecular weight excluding hydrogens is 613 g/mol. The average molecular weight is 649 g/mol. The fourth-order valence-electron chi connectivity index (χ4n) is 5.29. The Hall–Kier alpha value is -4.71. The highest BCUT2D eigenvalue weighted by Crippen LogP contribution is 2.27. The van der Waals surface area contributed by atoms with Gasteiger partial charge in [0.2, 0.25) is 0 Å². The fraction of sp³-hybridized carbons (Fsp3) is 0.294. The first kappa shape index (κ1) is 32.7. The molecular formula is C34H35F3N6O2S. The van der Waals surface area contributed by atoms with Gasteiger partial charge in [0.05, 0.1) is 11.4 Å². The van der Waals surface area contributed by atoms with Crippen LogP contribution in [0.3, 0.4) is 0 Å². The first-order chi connectivity index (χ1) is 22.0. The largest absolute Gasteiger partial charge is 0.573 e. The molecule has 2 amide bonds. The molecule has 0 saturated carbocycles. The molecule has 46 heavy (non-hydrogen) atoms. The summed E-state index contributed by atoms with van der Waals surface area (Å²) < 4.78 is 44.7. The van der Waals surface area contributed by atoms with Crippen LogP contribution in [0.5, 0.6) is 5.75 Å². The predicted octanol–water partition coefficient (Wildman–Crippen LogP) is 8.06. The molecule has 0 atom stereocenters. The molecule has 240 valence electrons. The molecule has 0 aliphatic rings. The smallest absolute Gasteiger partial charge is 0.406 e. The van der Waals surface area contributed by atoms with E-state index in [0.29, 0.717) is 28.8 Å². The van der Waals surface area contributed by atoms with E-state index >= 15 is 0 Å². The molecule has 2 aromatic heterocycles. The third kappa shape index (κ3) is 8.11. The second kappa shape index (κ2) is 14.2. The van der Waals surface area contributed by atoms with Gasteiger partial charge in [0.25, 0.3) is 0 Å². The second-order valence-electron chi connectivity index (χ2n) is 11.2. The lowest BCUT2D eigenvalue weighted by atomic mass is 9.96. The number of unbranched alkanes of at least 4 members (excludes halogenated alkanes) is 1. The highest BCUT2D eigenvalue weighted by molar-refractivity contribution is 7.07. The number of amides is 2. The maximum absolute atomic E-state index is 12.7. The Labute approximate surface area is 269 Å². The highest BCUT2D eigenvalue weighted by Gasteiger charge is 2.31. The van der Waals surface area contributed by atoms with Crippen LogP contribution >= 0.6 is 11.3 Å². The molecule has 0 spiro atoms. The van der Waals surface area contributed by atoms with Crippen LogP contribution in [0.15, 0.2) is 83.4 Å². The van der Waals surface area contributed by atoms with Gasteiger partial charge in [0, 0.05) is 23.2 Å². The third-order valence-corrected chi connectivity index (χ3v) is 8.35. The van der Waals surface area contributed by atoms with E-state index < -0.39 is 6.36 Å². The van der Waals surface area contributed by atoms with Gasteiger partial charge in [-0.2, -0.15) is 4.99 Å². The minimum atomic E-state index is -4.74. The summed E-state index contributed by atoms with van der Waals surface area (Å²) in [5.41, 5.74) is 7.08. The normalized spacial score (nSPS) is 12.1. The Morgan fingerprint density at radius 2 is 1.76 bits per heavy atom. The van der Waals surface area contributed by atoms with Crippen LogP contribution in [0.2, 0.25) is 0 Å². The molecule has 2 heterocycles. The van der Waals surface area contributed by atoms with E-state index in [1.807, 2.05) is 42.6 Å². The quantitative estimate of drug-likeness (QED) is 0.155. The van der Waals surface area contributed by atoms with Crippen LogP contribution in [0.4, 0.5) is 18.0 Å². The summed E-state index contributed by atoms with van der Waals surface area (Å²) in [6, 6.07) is 19.2. The van der Waals surface area contributed by atoms with Gasteiger partial charge < -0.3 is 10.1 Å². The molecule has 8 nitrogen and oxygen atoms in total. The molecule has 0 fully saturated rings. The zero-order chi connectivity index (χ0) is 32.8. The van der Waals surface area contributed by atoms with E-state index in [2.05, 4.69) is 62.6 Å². The van der Waals surface area contributed by atoms with Crippen molar-refractivity contribution in [1.29, 1.82) is 0 Å². The summed E-state index contributed by atoms with van der Waals surface area (Å²) in [5.74, 6) is 0.532. The Morgan fingerprint density at radius 1 is 1.02 bits per heavy atom. The van der Waals surface area contributed by atoms with E-state index in [4.69, 9.17) is 0 Å². The summed E-state index contributed by atoms with van der Waals surface area (Å²) in [4.78, 5) is 22.1. The number of hydrogen-bond donors (Lipinski definition) is 1. The van der Waals surface area contributed by atoms with Crippen molar-refractivity contribution in [2.45, 2.75) is 59.2 Å². The summed E-state index contributed by atoms with van der Waals surface area (Å²) in [7, 11) is 0.